The lowest BCUT2D eigenvalue weighted by atomic mass is 9.53. The quantitative estimate of drug-likeness (QED) is 0.465. The number of aryl methyl sites for hydroxylation is 1. The zero-order chi connectivity index (χ0) is 24.3. The van der Waals surface area contributed by atoms with E-state index < -0.39 is 18.7 Å². The first-order valence-electron chi connectivity index (χ1n) is 10.6. The van der Waals surface area contributed by atoms with Crippen LogP contribution in [0.4, 0.5) is 32.9 Å². The summed E-state index contributed by atoms with van der Waals surface area (Å²) >= 11 is 1.42. The molecule has 0 aromatic carbocycles. The van der Waals surface area contributed by atoms with Gasteiger partial charge in [0, 0.05) is 19.4 Å². The smallest absolute Gasteiger partial charge is 0.456 e. The first-order valence-corrected chi connectivity index (χ1v) is 11.4. The molecule has 2 fully saturated rings. The molecule has 3 aromatic heterocycles. The minimum atomic E-state index is -5.70. The van der Waals surface area contributed by atoms with Crippen molar-refractivity contribution in [2.24, 2.45) is 11.8 Å². The standard InChI is InChI=1S/C21H21F5N6OS/c1-11-8-16(34-30-11)31(2)9-14-12-5-6-13(12)17(14)27-19-28-18-15(4-3-7-32(18)29-19)33-10-20(22,23)21(24,25)26/h3-4,7-9,12-13,17H,5-6,10H2,1-2H3,(H,27,29)/b14-9+/t12?,13?,17-/m1/s1. The molecule has 7 nitrogen and oxygen atoms in total. The van der Waals surface area contributed by atoms with Crippen LogP contribution in [0.15, 0.2) is 36.2 Å². The van der Waals surface area contributed by atoms with Gasteiger partial charge in [-0.1, -0.05) is 0 Å². The minimum absolute atomic E-state index is 0.00608. The molecule has 13 heteroatoms. The third kappa shape index (κ3) is 3.95. The average Bonchev–Trinajstić information content (AvgIpc) is 3.36. The second kappa shape index (κ2) is 8.07. The molecular weight excluding hydrogens is 479 g/mol. The van der Waals surface area contributed by atoms with Crippen molar-refractivity contribution in [1.29, 1.82) is 0 Å². The minimum Gasteiger partial charge on any atom is -0.483 e. The maximum Gasteiger partial charge on any atom is 0.456 e. The fourth-order valence-corrected chi connectivity index (χ4v) is 5.01. The highest BCUT2D eigenvalue weighted by atomic mass is 32.1. The Labute approximate surface area is 195 Å². The Morgan fingerprint density at radius 2 is 2.09 bits per heavy atom. The van der Waals surface area contributed by atoms with Gasteiger partial charge < -0.3 is 15.0 Å². The summed E-state index contributed by atoms with van der Waals surface area (Å²) < 4.78 is 74.4. The highest BCUT2D eigenvalue weighted by Crippen LogP contribution is 2.55. The number of hydrogen-bond acceptors (Lipinski definition) is 7. The predicted octanol–water partition coefficient (Wildman–Crippen LogP) is 4.91. The second-order valence-electron chi connectivity index (χ2n) is 8.58. The molecule has 2 aliphatic carbocycles. The fourth-order valence-electron chi connectivity index (χ4n) is 4.31. The second-order valence-corrected chi connectivity index (χ2v) is 9.37. The van der Waals surface area contributed by atoms with Crippen molar-refractivity contribution in [2.75, 3.05) is 23.9 Å². The van der Waals surface area contributed by atoms with Crippen LogP contribution in [-0.2, 0) is 0 Å². The number of rotatable bonds is 7. The Morgan fingerprint density at radius 3 is 2.74 bits per heavy atom. The van der Waals surface area contributed by atoms with E-state index in [1.807, 2.05) is 24.9 Å². The molecule has 34 heavy (non-hydrogen) atoms. The largest absolute Gasteiger partial charge is 0.483 e. The van der Waals surface area contributed by atoms with Gasteiger partial charge in [0.15, 0.2) is 18.0 Å². The number of aromatic nitrogens is 4. The van der Waals surface area contributed by atoms with Gasteiger partial charge in [0.05, 0.1) is 11.7 Å². The van der Waals surface area contributed by atoms with Gasteiger partial charge in [0.1, 0.15) is 5.00 Å². The Bertz CT molecular complexity index is 1240. The predicted molar refractivity (Wildman–Crippen MR) is 116 cm³/mol. The van der Waals surface area contributed by atoms with E-state index in [4.69, 9.17) is 4.74 Å². The van der Waals surface area contributed by atoms with Crippen molar-refractivity contribution in [3.63, 3.8) is 0 Å². The third-order valence-electron chi connectivity index (χ3n) is 6.28. The van der Waals surface area contributed by atoms with E-state index in [1.54, 1.807) is 0 Å². The van der Waals surface area contributed by atoms with Crippen molar-refractivity contribution < 1.29 is 26.7 Å². The lowest BCUT2D eigenvalue weighted by Gasteiger charge is -2.55. The number of ether oxygens (including phenoxy) is 1. The number of nitrogens with zero attached hydrogens (tertiary/aromatic N) is 5. The Kier molecular flexibility index (Phi) is 5.41. The zero-order valence-electron chi connectivity index (χ0n) is 18.2. The van der Waals surface area contributed by atoms with Crippen LogP contribution in [0, 0.1) is 18.8 Å². The molecule has 0 radical (unpaired) electrons. The van der Waals surface area contributed by atoms with Crippen molar-refractivity contribution >= 4 is 28.1 Å². The monoisotopic (exact) mass is 500 g/mol. The molecule has 3 atom stereocenters. The molecule has 0 spiro atoms. The van der Waals surface area contributed by atoms with Gasteiger partial charge in [-0.3, -0.25) is 0 Å². The van der Waals surface area contributed by atoms with E-state index in [9.17, 15) is 22.0 Å². The molecule has 0 saturated heterocycles. The van der Waals surface area contributed by atoms with Crippen molar-refractivity contribution in [3.05, 3.63) is 41.9 Å². The van der Waals surface area contributed by atoms with E-state index in [1.165, 1.54) is 40.0 Å². The number of alkyl halides is 5. The normalized spacial score (nSPS) is 23.4. The van der Waals surface area contributed by atoms with Crippen LogP contribution in [-0.4, -0.2) is 50.8 Å². The fraction of sp³-hybridized carbons (Fsp3) is 0.476. The molecule has 0 amide bonds. The molecular formula is C21H21F5N6OS. The molecule has 1 N–H and O–H groups in total. The van der Waals surface area contributed by atoms with E-state index in [0.29, 0.717) is 11.8 Å². The number of anilines is 2. The maximum atomic E-state index is 13.3. The third-order valence-corrected chi connectivity index (χ3v) is 7.26. The zero-order valence-corrected chi connectivity index (χ0v) is 19.0. The van der Waals surface area contributed by atoms with Gasteiger partial charge in [-0.05, 0) is 66.9 Å². The number of halogens is 5. The van der Waals surface area contributed by atoms with E-state index >= 15 is 0 Å². The topological polar surface area (TPSA) is 67.6 Å². The van der Waals surface area contributed by atoms with Crippen LogP contribution in [0.2, 0.25) is 0 Å². The van der Waals surface area contributed by atoms with E-state index in [0.717, 1.165) is 23.5 Å². The van der Waals surface area contributed by atoms with Gasteiger partial charge in [-0.15, -0.1) is 5.10 Å². The van der Waals surface area contributed by atoms with Crippen LogP contribution >= 0.6 is 11.5 Å². The molecule has 5 rings (SSSR count). The van der Waals surface area contributed by atoms with Crippen molar-refractivity contribution in [1.82, 2.24) is 19.0 Å². The summed E-state index contributed by atoms with van der Waals surface area (Å²) in [6, 6.07) is 4.73. The van der Waals surface area contributed by atoms with Crippen LogP contribution < -0.4 is 15.0 Å². The summed E-state index contributed by atoms with van der Waals surface area (Å²) in [5.41, 5.74) is 2.22. The molecule has 2 unspecified atom stereocenters. The molecule has 0 aliphatic heterocycles. The summed E-state index contributed by atoms with van der Waals surface area (Å²) in [5, 5.41) is 8.63. The van der Waals surface area contributed by atoms with Crippen molar-refractivity contribution in [2.45, 2.75) is 37.9 Å². The maximum absolute atomic E-state index is 13.3. The number of hydrogen-bond donors (Lipinski definition) is 1. The van der Waals surface area contributed by atoms with Gasteiger partial charge in [0.2, 0.25) is 5.95 Å². The van der Waals surface area contributed by atoms with E-state index in [-0.39, 0.29) is 23.4 Å². The van der Waals surface area contributed by atoms with Gasteiger partial charge in [-0.2, -0.15) is 31.3 Å². The van der Waals surface area contributed by atoms with Crippen LogP contribution in [0.1, 0.15) is 18.5 Å². The van der Waals surface area contributed by atoms with Gasteiger partial charge in [-0.25, -0.2) is 4.52 Å². The van der Waals surface area contributed by atoms with Gasteiger partial charge in [0.25, 0.3) is 0 Å². The number of nitrogens with one attached hydrogen (secondary N) is 1. The Hall–Kier alpha value is -2.96. The van der Waals surface area contributed by atoms with E-state index in [2.05, 4.69) is 26.0 Å². The molecule has 182 valence electrons. The first kappa shape index (κ1) is 22.8. The van der Waals surface area contributed by atoms with Crippen LogP contribution in [0.3, 0.4) is 0 Å². The molecule has 3 heterocycles. The summed E-state index contributed by atoms with van der Waals surface area (Å²) in [4.78, 5) is 6.33. The van der Waals surface area contributed by atoms with Gasteiger partial charge >= 0.3 is 12.1 Å². The lowest BCUT2D eigenvalue weighted by molar-refractivity contribution is -0.289. The highest BCUT2D eigenvalue weighted by Gasteiger charge is 2.58. The summed E-state index contributed by atoms with van der Waals surface area (Å²) in [6.45, 7) is 0.0996. The molecule has 2 aliphatic rings. The first-order chi connectivity index (χ1) is 16.0. The SMILES string of the molecule is Cc1cc(N(C)/C=C2\C3CCC3[C@H]2Nc2nc3c(OCC(F)(F)C(F)(F)F)cccn3n2)sn1. The Morgan fingerprint density at radius 1 is 1.29 bits per heavy atom. The summed E-state index contributed by atoms with van der Waals surface area (Å²) in [6.07, 6.45) is 0.0850. The van der Waals surface area contributed by atoms with Crippen LogP contribution in [0.5, 0.6) is 5.75 Å². The summed E-state index contributed by atoms with van der Waals surface area (Å²) in [7, 11) is 1.96. The molecule has 3 aromatic rings. The van der Waals surface area contributed by atoms with Crippen molar-refractivity contribution in [3.8, 4) is 5.75 Å². The highest BCUT2D eigenvalue weighted by molar-refractivity contribution is 7.10. The summed E-state index contributed by atoms with van der Waals surface area (Å²) in [5.74, 6) is -4.02. The average molecular weight is 500 g/mol. The lowest BCUT2D eigenvalue weighted by Crippen LogP contribution is -2.55. The number of fused-ring (bicyclic) bond motifs is 2. The molecule has 2 saturated carbocycles. The number of pyridine rings is 1. The van der Waals surface area contributed by atoms with Crippen LogP contribution in [0.25, 0.3) is 5.65 Å². The molecule has 0 bridgehead atoms. The Balaban J connectivity index is 1.34.